The van der Waals surface area contributed by atoms with Gasteiger partial charge in [-0.3, -0.25) is 0 Å². The van der Waals surface area contributed by atoms with Crippen LogP contribution in [0.25, 0.3) is 10.8 Å². The highest BCUT2D eigenvalue weighted by Gasteiger charge is 2.07. The summed E-state index contributed by atoms with van der Waals surface area (Å²) in [5.74, 6) is 0.875. The largest absolute Gasteiger partial charge is 0.356 e. The fraction of sp³-hybridized carbons (Fsp3) is 0.100. The van der Waals surface area contributed by atoms with Crippen LogP contribution in [0, 0.1) is 0 Å². The van der Waals surface area contributed by atoms with Crippen LogP contribution in [0.4, 0.5) is 5.13 Å². The van der Waals surface area contributed by atoms with E-state index in [4.69, 9.17) is 11.6 Å². The first-order valence-electron chi connectivity index (χ1n) is 8.20. The van der Waals surface area contributed by atoms with Crippen LogP contribution in [0.1, 0.15) is 11.1 Å². The lowest BCUT2D eigenvalue weighted by molar-refractivity contribution is 0.995. The third kappa shape index (κ3) is 4.01. The number of rotatable bonds is 6. The molecule has 1 aromatic heterocycles. The maximum absolute atomic E-state index is 6.18. The van der Waals surface area contributed by atoms with E-state index < -0.39 is 0 Å². The molecule has 0 aliphatic carbocycles. The second-order valence-electron chi connectivity index (χ2n) is 5.75. The normalized spacial score (nSPS) is 11.0. The molecule has 3 nitrogen and oxygen atoms in total. The van der Waals surface area contributed by atoms with E-state index in [2.05, 4.69) is 58.0 Å². The van der Waals surface area contributed by atoms with Gasteiger partial charge in [-0.05, 0) is 28.0 Å². The van der Waals surface area contributed by atoms with E-state index >= 15 is 0 Å². The number of aromatic nitrogens is 2. The lowest BCUT2D eigenvalue weighted by atomic mass is 10.1. The molecule has 0 amide bonds. The Hall–Kier alpha value is -2.08. The van der Waals surface area contributed by atoms with Crippen molar-refractivity contribution in [3.05, 3.63) is 82.9 Å². The number of fused-ring (bicyclic) bond motifs is 1. The van der Waals surface area contributed by atoms with Crippen LogP contribution in [0.2, 0.25) is 5.02 Å². The molecular formula is C20H16ClN3S2. The van der Waals surface area contributed by atoms with Gasteiger partial charge in [-0.2, -0.15) is 0 Å². The van der Waals surface area contributed by atoms with Crippen molar-refractivity contribution in [1.29, 1.82) is 0 Å². The Morgan fingerprint density at radius 3 is 2.58 bits per heavy atom. The fourth-order valence-electron chi connectivity index (χ4n) is 2.71. The monoisotopic (exact) mass is 397 g/mol. The first-order valence-corrected chi connectivity index (χ1v) is 10.4. The van der Waals surface area contributed by atoms with Crippen LogP contribution >= 0.6 is 34.7 Å². The summed E-state index contributed by atoms with van der Waals surface area (Å²) >= 11 is 9.47. The maximum atomic E-state index is 6.18. The van der Waals surface area contributed by atoms with Crippen LogP contribution in [0.15, 0.2) is 71.1 Å². The zero-order chi connectivity index (χ0) is 17.8. The van der Waals surface area contributed by atoms with E-state index in [1.165, 1.54) is 16.3 Å². The number of nitrogens with zero attached hydrogens (tertiary/aromatic N) is 2. The molecule has 4 aromatic rings. The third-order valence-corrected chi connectivity index (χ3v) is 6.46. The summed E-state index contributed by atoms with van der Waals surface area (Å²) in [6, 6.07) is 22.7. The Balaban J connectivity index is 1.40. The number of hydrogen-bond acceptors (Lipinski definition) is 5. The number of anilines is 1. The standard InChI is InChI=1S/C20H16ClN3S2/c21-18-11-4-2-7-15(18)12-22-19-23-24-20(26-19)25-13-16-9-5-8-14-6-1-3-10-17(14)16/h1-11H,12-13H2,(H,22,23). The lowest BCUT2D eigenvalue weighted by Gasteiger charge is -2.05. The molecule has 130 valence electrons. The van der Waals surface area contributed by atoms with E-state index in [0.717, 1.165) is 25.8 Å². The number of thioether (sulfide) groups is 1. The van der Waals surface area contributed by atoms with Gasteiger partial charge in [0.25, 0.3) is 0 Å². The van der Waals surface area contributed by atoms with Gasteiger partial charge in [-0.25, -0.2) is 0 Å². The zero-order valence-electron chi connectivity index (χ0n) is 13.9. The van der Waals surface area contributed by atoms with Gasteiger partial charge in [0.15, 0.2) is 4.34 Å². The Morgan fingerprint density at radius 2 is 1.65 bits per heavy atom. The molecule has 0 unspecified atom stereocenters. The molecule has 1 N–H and O–H groups in total. The predicted octanol–water partition coefficient (Wildman–Crippen LogP) is 6.25. The van der Waals surface area contributed by atoms with Gasteiger partial charge in [-0.15, -0.1) is 10.2 Å². The first kappa shape index (κ1) is 17.3. The van der Waals surface area contributed by atoms with Crippen molar-refractivity contribution in [2.45, 2.75) is 16.6 Å². The van der Waals surface area contributed by atoms with Crippen molar-refractivity contribution in [3.63, 3.8) is 0 Å². The average molecular weight is 398 g/mol. The molecule has 0 bridgehead atoms. The van der Waals surface area contributed by atoms with E-state index in [1.54, 1.807) is 23.1 Å². The highest BCUT2D eigenvalue weighted by atomic mass is 35.5. The molecule has 3 aromatic carbocycles. The molecule has 0 saturated carbocycles. The minimum Gasteiger partial charge on any atom is -0.356 e. The van der Waals surface area contributed by atoms with Crippen molar-refractivity contribution in [2.24, 2.45) is 0 Å². The summed E-state index contributed by atoms with van der Waals surface area (Å²) in [6.07, 6.45) is 0. The van der Waals surface area contributed by atoms with Gasteiger partial charge < -0.3 is 5.32 Å². The quantitative estimate of drug-likeness (QED) is 0.390. The summed E-state index contributed by atoms with van der Waals surface area (Å²) in [6.45, 7) is 0.641. The van der Waals surface area contributed by atoms with Gasteiger partial charge in [0.1, 0.15) is 0 Å². The molecule has 0 fully saturated rings. The van der Waals surface area contributed by atoms with Gasteiger partial charge in [0, 0.05) is 17.3 Å². The van der Waals surface area contributed by atoms with E-state index in [-0.39, 0.29) is 0 Å². The van der Waals surface area contributed by atoms with Crippen LogP contribution < -0.4 is 5.32 Å². The molecule has 1 heterocycles. The minimum atomic E-state index is 0.641. The maximum Gasteiger partial charge on any atom is 0.206 e. The molecule has 6 heteroatoms. The van der Waals surface area contributed by atoms with Crippen LogP contribution in [-0.2, 0) is 12.3 Å². The summed E-state index contributed by atoms with van der Waals surface area (Å²) in [4.78, 5) is 0. The Kier molecular flexibility index (Phi) is 5.39. The predicted molar refractivity (Wildman–Crippen MR) is 112 cm³/mol. The van der Waals surface area contributed by atoms with E-state index in [9.17, 15) is 0 Å². The van der Waals surface area contributed by atoms with Crippen LogP contribution in [0.3, 0.4) is 0 Å². The molecule has 0 atom stereocenters. The Morgan fingerprint density at radius 1 is 0.885 bits per heavy atom. The molecular weight excluding hydrogens is 382 g/mol. The Labute approximate surface area is 165 Å². The van der Waals surface area contributed by atoms with Crippen LogP contribution in [-0.4, -0.2) is 10.2 Å². The van der Waals surface area contributed by atoms with E-state index in [1.807, 2.05) is 24.3 Å². The Bertz CT molecular complexity index is 1030. The SMILES string of the molecule is Clc1ccccc1CNc1nnc(SCc2cccc3ccccc23)s1. The lowest BCUT2D eigenvalue weighted by Crippen LogP contribution is -1.99. The van der Waals surface area contributed by atoms with Crippen molar-refractivity contribution in [3.8, 4) is 0 Å². The van der Waals surface area contributed by atoms with Gasteiger partial charge in [0.05, 0.1) is 0 Å². The summed E-state index contributed by atoms with van der Waals surface area (Å²) in [7, 11) is 0. The second-order valence-corrected chi connectivity index (χ2v) is 8.35. The average Bonchev–Trinajstić information content (AvgIpc) is 3.13. The van der Waals surface area contributed by atoms with Crippen molar-refractivity contribution in [2.75, 3.05) is 5.32 Å². The topological polar surface area (TPSA) is 37.8 Å². The van der Waals surface area contributed by atoms with Crippen molar-refractivity contribution < 1.29 is 0 Å². The second kappa shape index (κ2) is 8.08. The number of halogens is 1. The highest BCUT2D eigenvalue weighted by molar-refractivity contribution is 8.00. The third-order valence-electron chi connectivity index (χ3n) is 4.03. The number of benzene rings is 3. The molecule has 0 aliphatic heterocycles. The first-order chi connectivity index (χ1) is 12.8. The molecule has 0 aliphatic rings. The van der Waals surface area contributed by atoms with Gasteiger partial charge in [0.2, 0.25) is 5.13 Å². The zero-order valence-corrected chi connectivity index (χ0v) is 16.2. The van der Waals surface area contributed by atoms with Crippen molar-refractivity contribution >= 4 is 50.6 Å². The molecule has 0 saturated heterocycles. The molecule has 0 radical (unpaired) electrons. The van der Waals surface area contributed by atoms with Crippen molar-refractivity contribution in [1.82, 2.24) is 10.2 Å². The highest BCUT2D eigenvalue weighted by Crippen LogP contribution is 2.31. The minimum absolute atomic E-state index is 0.641. The molecule has 0 spiro atoms. The number of hydrogen-bond donors (Lipinski definition) is 1. The van der Waals surface area contributed by atoms with Crippen LogP contribution in [0.5, 0.6) is 0 Å². The smallest absolute Gasteiger partial charge is 0.206 e. The van der Waals surface area contributed by atoms with Gasteiger partial charge in [-0.1, -0.05) is 95.4 Å². The fourth-order valence-corrected chi connectivity index (χ4v) is 4.66. The number of nitrogens with one attached hydrogen (secondary N) is 1. The van der Waals surface area contributed by atoms with E-state index in [0.29, 0.717) is 6.54 Å². The molecule has 4 rings (SSSR count). The summed E-state index contributed by atoms with van der Waals surface area (Å²) < 4.78 is 0.958. The molecule has 26 heavy (non-hydrogen) atoms. The summed E-state index contributed by atoms with van der Waals surface area (Å²) in [5, 5.41) is 15.9. The van der Waals surface area contributed by atoms with Gasteiger partial charge >= 0.3 is 0 Å². The summed E-state index contributed by atoms with van der Waals surface area (Å²) in [5.41, 5.74) is 2.36.